The molecule has 0 amide bonds. The third-order valence-corrected chi connectivity index (χ3v) is 2.94. The van der Waals surface area contributed by atoms with E-state index in [0.29, 0.717) is 16.7 Å². The van der Waals surface area contributed by atoms with Crippen LogP contribution in [0.2, 0.25) is 0 Å². The zero-order valence-electron chi connectivity index (χ0n) is 10.4. The second-order valence-electron chi connectivity index (χ2n) is 4.33. The molecule has 104 valence electrons. The fraction of sp³-hybridized carbons (Fsp3) is 0.143. The molecule has 0 saturated carbocycles. The van der Waals surface area contributed by atoms with E-state index in [1.54, 1.807) is 6.92 Å². The number of nitro groups is 1. The number of benzene rings is 2. The molecule has 0 aliphatic heterocycles. The molecule has 0 N–H and O–H groups in total. The number of nitrogens with zero attached hydrogens (tertiary/aromatic N) is 1. The van der Waals surface area contributed by atoms with Gasteiger partial charge in [-0.2, -0.15) is 13.2 Å². The SMILES string of the molecule is Cc1cc(C(F)(F)F)ccc1-c1ccc([N+](=O)[O-])cc1. The Morgan fingerprint density at radius 2 is 1.65 bits per heavy atom. The van der Waals surface area contributed by atoms with Crippen LogP contribution in [0.1, 0.15) is 11.1 Å². The summed E-state index contributed by atoms with van der Waals surface area (Å²) in [7, 11) is 0. The minimum atomic E-state index is -4.38. The second kappa shape index (κ2) is 4.96. The summed E-state index contributed by atoms with van der Waals surface area (Å²) in [5, 5.41) is 10.6. The van der Waals surface area contributed by atoms with Crippen LogP contribution in [-0.4, -0.2) is 4.92 Å². The predicted octanol–water partition coefficient (Wildman–Crippen LogP) is 4.59. The standard InChI is InChI=1S/C14H10F3NO2/c1-9-8-11(14(15,16)17)4-7-13(9)10-2-5-12(6-3-10)18(19)20/h2-8H,1H3. The average molecular weight is 281 g/mol. The van der Waals surface area contributed by atoms with Crippen molar-refractivity contribution >= 4 is 5.69 Å². The maximum absolute atomic E-state index is 12.6. The Hall–Kier alpha value is -2.37. The number of hydrogen-bond donors (Lipinski definition) is 0. The fourth-order valence-corrected chi connectivity index (χ4v) is 1.93. The maximum atomic E-state index is 12.6. The van der Waals surface area contributed by atoms with Crippen LogP contribution in [0, 0.1) is 17.0 Å². The summed E-state index contributed by atoms with van der Waals surface area (Å²) >= 11 is 0. The molecule has 0 saturated heterocycles. The lowest BCUT2D eigenvalue weighted by Gasteiger charge is -2.11. The number of rotatable bonds is 2. The van der Waals surface area contributed by atoms with Crippen LogP contribution in [0.4, 0.5) is 18.9 Å². The van der Waals surface area contributed by atoms with Crippen LogP contribution in [-0.2, 0) is 6.18 Å². The molecule has 2 aromatic rings. The maximum Gasteiger partial charge on any atom is 0.416 e. The highest BCUT2D eigenvalue weighted by molar-refractivity contribution is 5.68. The minimum absolute atomic E-state index is 0.0571. The van der Waals surface area contributed by atoms with Gasteiger partial charge in [0.25, 0.3) is 5.69 Å². The van der Waals surface area contributed by atoms with Gasteiger partial charge in [-0.25, -0.2) is 0 Å². The van der Waals surface area contributed by atoms with Crippen molar-refractivity contribution in [3.8, 4) is 11.1 Å². The minimum Gasteiger partial charge on any atom is -0.258 e. The summed E-state index contributed by atoms with van der Waals surface area (Å²) in [6.07, 6.45) is -4.38. The van der Waals surface area contributed by atoms with E-state index in [2.05, 4.69) is 0 Å². The van der Waals surface area contributed by atoms with Crippen LogP contribution >= 0.6 is 0 Å². The molecule has 6 heteroatoms. The molecular formula is C14H10F3NO2. The van der Waals surface area contributed by atoms with Gasteiger partial charge in [-0.15, -0.1) is 0 Å². The Morgan fingerprint density at radius 1 is 1.05 bits per heavy atom. The third-order valence-electron chi connectivity index (χ3n) is 2.94. The van der Waals surface area contributed by atoms with E-state index < -0.39 is 16.7 Å². The summed E-state index contributed by atoms with van der Waals surface area (Å²) in [6, 6.07) is 9.14. The summed E-state index contributed by atoms with van der Waals surface area (Å²) in [5.41, 5.74) is 0.961. The molecule has 2 aromatic carbocycles. The van der Waals surface area contributed by atoms with Crippen LogP contribution < -0.4 is 0 Å². The Balaban J connectivity index is 2.41. The van der Waals surface area contributed by atoms with Gasteiger partial charge in [0.15, 0.2) is 0 Å². The number of halogens is 3. The van der Waals surface area contributed by atoms with Gasteiger partial charge in [-0.1, -0.05) is 6.07 Å². The largest absolute Gasteiger partial charge is 0.416 e. The van der Waals surface area contributed by atoms with Crippen molar-refractivity contribution in [2.24, 2.45) is 0 Å². The molecule has 0 spiro atoms. The molecule has 0 heterocycles. The Labute approximate surface area is 112 Å². The molecule has 20 heavy (non-hydrogen) atoms. The molecular weight excluding hydrogens is 271 g/mol. The lowest BCUT2D eigenvalue weighted by Crippen LogP contribution is -2.05. The summed E-state index contributed by atoms with van der Waals surface area (Å²) in [5.74, 6) is 0. The van der Waals surface area contributed by atoms with Crippen molar-refractivity contribution in [1.82, 2.24) is 0 Å². The summed E-state index contributed by atoms with van der Waals surface area (Å²) in [4.78, 5) is 10.0. The highest BCUT2D eigenvalue weighted by atomic mass is 19.4. The highest BCUT2D eigenvalue weighted by Crippen LogP contribution is 2.33. The first kappa shape index (κ1) is 14.0. The van der Waals surface area contributed by atoms with E-state index in [1.807, 2.05) is 0 Å². The number of aryl methyl sites for hydroxylation is 1. The van der Waals surface area contributed by atoms with Crippen LogP contribution in [0.15, 0.2) is 42.5 Å². The van der Waals surface area contributed by atoms with E-state index in [-0.39, 0.29) is 5.69 Å². The fourth-order valence-electron chi connectivity index (χ4n) is 1.93. The van der Waals surface area contributed by atoms with Gasteiger partial charge < -0.3 is 0 Å². The molecule has 2 rings (SSSR count). The normalized spacial score (nSPS) is 11.4. The zero-order valence-corrected chi connectivity index (χ0v) is 10.4. The third kappa shape index (κ3) is 2.79. The van der Waals surface area contributed by atoms with Crippen LogP contribution in [0.5, 0.6) is 0 Å². The van der Waals surface area contributed by atoms with Gasteiger partial charge in [-0.05, 0) is 47.9 Å². The van der Waals surface area contributed by atoms with E-state index in [4.69, 9.17) is 0 Å². The first-order valence-electron chi connectivity index (χ1n) is 5.72. The Kier molecular flexibility index (Phi) is 3.48. The van der Waals surface area contributed by atoms with Gasteiger partial charge in [-0.3, -0.25) is 10.1 Å². The monoisotopic (exact) mass is 281 g/mol. The van der Waals surface area contributed by atoms with Crippen molar-refractivity contribution in [2.75, 3.05) is 0 Å². The number of non-ortho nitro benzene ring substituents is 1. The van der Waals surface area contributed by atoms with Gasteiger partial charge in [0.1, 0.15) is 0 Å². The van der Waals surface area contributed by atoms with Crippen LogP contribution in [0.25, 0.3) is 11.1 Å². The van der Waals surface area contributed by atoms with Crippen molar-refractivity contribution in [2.45, 2.75) is 13.1 Å². The molecule has 0 unspecified atom stereocenters. The van der Waals surface area contributed by atoms with Crippen molar-refractivity contribution in [3.63, 3.8) is 0 Å². The van der Waals surface area contributed by atoms with E-state index in [9.17, 15) is 23.3 Å². The zero-order chi connectivity index (χ0) is 14.9. The predicted molar refractivity (Wildman–Crippen MR) is 68.3 cm³/mol. The van der Waals surface area contributed by atoms with Gasteiger partial charge in [0.2, 0.25) is 0 Å². The highest BCUT2D eigenvalue weighted by Gasteiger charge is 2.30. The number of hydrogen-bond acceptors (Lipinski definition) is 2. The molecule has 0 aromatic heterocycles. The van der Waals surface area contributed by atoms with E-state index in [1.165, 1.54) is 30.3 Å². The van der Waals surface area contributed by atoms with Crippen molar-refractivity contribution in [3.05, 3.63) is 63.7 Å². The first-order chi connectivity index (χ1) is 9.29. The second-order valence-corrected chi connectivity index (χ2v) is 4.33. The lowest BCUT2D eigenvalue weighted by molar-refractivity contribution is -0.384. The van der Waals surface area contributed by atoms with E-state index >= 15 is 0 Å². The molecule has 0 aliphatic rings. The molecule has 0 bridgehead atoms. The van der Waals surface area contributed by atoms with Gasteiger partial charge in [0, 0.05) is 12.1 Å². The molecule has 0 fully saturated rings. The van der Waals surface area contributed by atoms with Crippen LogP contribution in [0.3, 0.4) is 0 Å². The topological polar surface area (TPSA) is 43.1 Å². The Bertz CT molecular complexity index is 648. The number of alkyl halides is 3. The molecule has 0 atom stereocenters. The lowest BCUT2D eigenvalue weighted by atomic mass is 9.98. The number of nitro benzene ring substituents is 1. The molecule has 0 radical (unpaired) electrons. The van der Waals surface area contributed by atoms with Crippen molar-refractivity contribution < 1.29 is 18.1 Å². The summed E-state index contributed by atoms with van der Waals surface area (Å²) in [6.45, 7) is 1.58. The first-order valence-corrected chi connectivity index (χ1v) is 5.72. The molecule has 3 nitrogen and oxygen atoms in total. The van der Waals surface area contributed by atoms with Gasteiger partial charge >= 0.3 is 6.18 Å². The Morgan fingerprint density at radius 3 is 2.10 bits per heavy atom. The summed E-state index contributed by atoms with van der Waals surface area (Å²) < 4.78 is 37.7. The van der Waals surface area contributed by atoms with E-state index in [0.717, 1.165) is 12.1 Å². The smallest absolute Gasteiger partial charge is 0.258 e. The van der Waals surface area contributed by atoms with Gasteiger partial charge in [0.05, 0.1) is 10.5 Å². The molecule has 0 aliphatic carbocycles. The average Bonchev–Trinajstić information content (AvgIpc) is 2.37. The van der Waals surface area contributed by atoms with Crippen molar-refractivity contribution in [1.29, 1.82) is 0 Å². The quantitative estimate of drug-likeness (QED) is 0.597.